The average Bonchev–Trinajstić information content (AvgIpc) is 2.55. The third kappa shape index (κ3) is 3.61. The van der Waals surface area contributed by atoms with Gasteiger partial charge in [-0.1, -0.05) is 19.3 Å². The van der Waals surface area contributed by atoms with Crippen molar-refractivity contribution in [3.05, 3.63) is 0 Å². The van der Waals surface area contributed by atoms with Crippen molar-refractivity contribution in [2.45, 2.75) is 75.6 Å². The fourth-order valence-corrected chi connectivity index (χ4v) is 4.48. The van der Waals surface area contributed by atoms with Crippen molar-refractivity contribution >= 4 is 0 Å². The first-order valence-electron chi connectivity index (χ1n) is 8.78. The summed E-state index contributed by atoms with van der Waals surface area (Å²) < 4.78 is 11.5. The molecular formula is C17H30O4. The van der Waals surface area contributed by atoms with Gasteiger partial charge in [-0.2, -0.15) is 0 Å². The molecule has 2 heterocycles. The predicted molar refractivity (Wildman–Crippen MR) is 80.0 cm³/mol. The van der Waals surface area contributed by atoms with Gasteiger partial charge >= 0.3 is 0 Å². The van der Waals surface area contributed by atoms with Crippen LogP contribution >= 0.6 is 0 Å². The van der Waals surface area contributed by atoms with Crippen molar-refractivity contribution in [2.24, 2.45) is 11.8 Å². The summed E-state index contributed by atoms with van der Waals surface area (Å²) in [6, 6.07) is 0. The lowest BCUT2D eigenvalue weighted by Gasteiger charge is -2.45. The molecule has 0 aromatic heterocycles. The van der Waals surface area contributed by atoms with Gasteiger partial charge in [-0.25, -0.2) is 0 Å². The number of aliphatic hydroxyl groups excluding tert-OH is 2. The molecule has 1 aliphatic carbocycles. The molecule has 1 spiro atoms. The summed E-state index contributed by atoms with van der Waals surface area (Å²) in [4.78, 5) is 0. The Morgan fingerprint density at radius 2 is 1.48 bits per heavy atom. The molecule has 4 nitrogen and oxygen atoms in total. The minimum Gasteiger partial charge on any atom is -0.390 e. The summed E-state index contributed by atoms with van der Waals surface area (Å²) in [6.45, 7) is 2.22. The van der Waals surface area contributed by atoms with Gasteiger partial charge in [0.1, 0.15) is 0 Å². The molecule has 3 fully saturated rings. The second-order valence-corrected chi connectivity index (χ2v) is 7.28. The zero-order valence-corrected chi connectivity index (χ0v) is 13.0. The van der Waals surface area contributed by atoms with E-state index >= 15 is 0 Å². The second-order valence-electron chi connectivity index (χ2n) is 7.28. The SMILES string of the molecule is OC(C1CCCCC1)C(O)C1CCOC2(CCOCC2)C1. The highest BCUT2D eigenvalue weighted by molar-refractivity contribution is 4.93. The fraction of sp³-hybridized carbons (Fsp3) is 1.00. The van der Waals surface area contributed by atoms with Crippen LogP contribution in [0, 0.1) is 11.8 Å². The molecule has 0 amide bonds. The topological polar surface area (TPSA) is 58.9 Å². The zero-order valence-electron chi connectivity index (χ0n) is 13.0. The lowest BCUT2D eigenvalue weighted by atomic mass is 9.74. The summed E-state index contributed by atoms with van der Waals surface area (Å²) >= 11 is 0. The molecule has 0 aromatic carbocycles. The molecule has 0 radical (unpaired) electrons. The van der Waals surface area contributed by atoms with Crippen LogP contribution in [0.15, 0.2) is 0 Å². The van der Waals surface area contributed by atoms with Crippen LogP contribution in [-0.4, -0.2) is 47.8 Å². The second kappa shape index (κ2) is 6.95. The summed E-state index contributed by atoms with van der Waals surface area (Å²) in [5, 5.41) is 21.2. The van der Waals surface area contributed by atoms with Crippen molar-refractivity contribution in [3.8, 4) is 0 Å². The van der Waals surface area contributed by atoms with Gasteiger partial charge in [0.25, 0.3) is 0 Å². The van der Waals surface area contributed by atoms with Crippen molar-refractivity contribution in [3.63, 3.8) is 0 Å². The van der Waals surface area contributed by atoms with E-state index in [1.165, 1.54) is 19.3 Å². The van der Waals surface area contributed by atoms with Crippen LogP contribution in [0.2, 0.25) is 0 Å². The standard InChI is InChI=1S/C17H30O4/c18-15(13-4-2-1-3-5-13)16(19)14-6-9-21-17(12-14)7-10-20-11-8-17/h13-16,18-19H,1-12H2. The first kappa shape index (κ1) is 15.7. The Morgan fingerprint density at radius 3 is 2.19 bits per heavy atom. The predicted octanol–water partition coefficient (Wildman–Crippen LogP) is 2.26. The third-order valence-corrected chi connectivity index (χ3v) is 5.90. The lowest BCUT2D eigenvalue weighted by Crippen LogP contribution is -2.49. The molecule has 0 bridgehead atoms. The van der Waals surface area contributed by atoms with Gasteiger partial charge in [0, 0.05) is 19.8 Å². The average molecular weight is 298 g/mol. The molecule has 4 heteroatoms. The van der Waals surface area contributed by atoms with Gasteiger partial charge in [0.05, 0.1) is 17.8 Å². The van der Waals surface area contributed by atoms with Crippen LogP contribution in [0.4, 0.5) is 0 Å². The number of hydrogen-bond donors (Lipinski definition) is 2. The van der Waals surface area contributed by atoms with E-state index in [1.807, 2.05) is 0 Å². The van der Waals surface area contributed by atoms with Crippen LogP contribution in [0.3, 0.4) is 0 Å². The molecule has 2 aliphatic heterocycles. The maximum Gasteiger partial charge on any atom is 0.0831 e. The van der Waals surface area contributed by atoms with Crippen molar-refractivity contribution in [1.82, 2.24) is 0 Å². The van der Waals surface area contributed by atoms with Crippen LogP contribution in [-0.2, 0) is 9.47 Å². The zero-order chi connectivity index (χ0) is 14.7. The van der Waals surface area contributed by atoms with Gasteiger partial charge in [-0.3, -0.25) is 0 Å². The van der Waals surface area contributed by atoms with Gasteiger partial charge in [0.2, 0.25) is 0 Å². The number of ether oxygens (including phenoxy) is 2. The van der Waals surface area contributed by atoms with E-state index in [2.05, 4.69) is 0 Å². The number of hydrogen-bond acceptors (Lipinski definition) is 4. The Balaban J connectivity index is 1.59. The van der Waals surface area contributed by atoms with E-state index in [0.29, 0.717) is 12.5 Å². The molecule has 21 heavy (non-hydrogen) atoms. The van der Waals surface area contributed by atoms with Gasteiger partial charge in [0.15, 0.2) is 0 Å². The van der Waals surface area contributed by atoms with Gasteiger partial charge in [-0.15, -0.1) is 0 Å². The smallest absolute Gasteiger partial charge is 0.0831 e. The summed E-state index contributed by atoms with van der Waals surface area (Å²) in [7, 11) is 0. The minimum absolute atomic E-state index is 0.103. The van der Waals surface area contributed by atoms with Gasteiger partial charge in [-0.05, 0) is 50.4 Å². The van der Waals surface area contributed by atoms with E-state index in [0.717, 1.165) is 51.7 Å². The Morgan fingerprint density at radius 1 is 0.810 bits per heavy atom. The molecule has 3 rings (SSSR count). The Bertz CT molecular complexity index is 315. The Labute approximate surface area is 127 Å². The lowest BCUT2D eigenvalue weighted by molar-refractivity contribution is -0.170. The van der Waals surface area contributed by atoms with E-state index < -0.39 is 12.2 Å². The third-order valence-electron chi connectivity index (χ3n) is 5.90. The highest BCUT2D eigenvalue weighted by Crippen LogP contribution is 2.40. The highest BCUT2D eigenvalue weighted by atomic mass is 16.5. The van der Waals surface area contributed by atoms with Gasteiger partial charge < -0.3 is 19.7 Å². The van der Waals surface area contributed by atoms with Crippen molar-refractivity contribution in [2.75, 3.05) is 19.8 Å². The molecule has 3 atom stereocenters. The normalized spacial score (nSPS) is 33.7. The molecule has 2 saturated heterocycles. The maximum atomic E-state index is 10.7. The Hall–Kier alpha value is -0.160. The van der Waals surface area contributed by atoms with Crippen LogP contribution in [0.5, 0.6) is 0 Å². The largest absolute Gasteiger partial charge is 0.390 e. The number of rotatable bonds is 3. The molecule has 3 unspecified atom stereocenters. The first-order valence-corrected chi connectivity index (χ1v) is 8.78. The van der Waals surface area contributed by atoms with Crippen molar-refractivity contribution < 1.29 is 19.7 Å². The molecule has 0 aromatic rings. The first-order chi connectivity index (χ1) is 10.2. The van der Waals surface area contributed by atoms with E-state index in [9.17, 15) is 10.2 Å². The quantitative estimate of drug-likeness (QED) is 0.839. The maximum absolute atomic E-state index is 10.7. The van der Waals surface area contributed by atoms with E-state index in [4.69, 9.17) is 9.47 Å². The highest BCUT2D eigenvalue weighted by Gasteiger charge is 2.43. The number of aliphatic hydroxyl groups is 2. The van der Waals surface area contributed by atoms with E-state index in [1.54, 1.807) is 0 Å². The molecule has 1 saturated carbocycles. The van der Waals surface area contributed by atoms with Crippen molar-refractivity contribution in [1.29, 1.82) is 0 Å². The molecular weight excluding hydrogens is 268 g/mol. The molecule has 122 valence electrons. The Kier molecular flexibility index (Phi) is 5.20. The molecule has 3 aliphatic rings. The van der Waals surface area contributed by atoms with E-state index in [-0.39, 0.29) is 11.5 Å². The monoisotopic (exact) mass is 298 g/mol. The summed E-state index contributed by atoms with van der Waals surface area (Å²) in [5.41, 5.74) is -0.103. The summed E-state index contributed by atoms with van der Waals surface area (Å²) in [6.07, 6.45) is 8.27. The van der Waals surface area contributed by atoms with Crippen LogP contribution in [0.1, 0.15) is 57.8 Å². The molecule has 2 N–H and O–H groups in total. The summed E-state index contributed by atoms with van der Waals surface area (Å²) in [5.74, 6) is 0.469. The minimum atomic E-state index is -0.586. The fourth-order valence-electron chi connectivity index (χ4n) is 4.48. The van der Waals surface area contributed by atoms with Crippen LogP contribution < -0.4 is 0 Å². The van der Waals surface area contributed by atoms with Crippen LogP contribution in [0.25, 0.3) is 0 Å².